The van der Waals surface area contributed by atoms with Crippen LogP contribution in [0.15, 0.2) is 0 Å². The average Bonchev–Trinajstić information content (AvgIpc) is 2.30. The monoisotopic (exact) mass is 328 g/mol. The Labute approximate surface area is 110 Å². The zero-order chi connectivity index (χ0) is 14.3. The zero-order valence-electron chi connectivity index (χ0n) is 9.53. The van der Waals surface area contributed by atoms with Gasteiger partial charge in [0.25, 0.3) is 4.70 Å². The second-order valence-electron chi connectivity index (χ2n) is 3.88. The highest BCUT2D eigenvalue weighted by atomic mass is 79.9. The number of carbonyl (C=O) groups excluding carboxylic acids is 2. The number of Topliss-reactive ketones (excluding diaryl/α,β-unsaturated/α-hetero) is 1. The molecule has 0 aromatic heterocycles. The van der Waals surface area contributed by atoms with E-state index in [0.29, 0.717) is 0 Å². The van der Waals surface area contributed by atoms with Crippen LogP contribution in [0.4, 0.5) is 0 Å². The van der Waals surface area contributed by atoms with E-state index in [0.717, 1.165) is 14.0 Å². The number of ether oxygens (including phenoxy) is 2. The van der Waals surface area contributed by atoms with Crippen LogP contribution in [0.25, 0.3) is 0 Å². The maximum absolute atomic E-state index is 11.3. The SMILES string of the molecule is COC(=O)[C@H]1O[C@](O)(Br)[C@@](O)(C(C)=O)[C@@H](O)[C@@H]1O. The molecule has 1 fully saturated rings. The standard InChI is InChI=1S/C9H13BrO8/c1-3(11)8(15)6(13)4(12)5(7(14)17-2)18-9(8,10)16/h4-6,12-13,15-16H,1-2H3/t4-,5+,6+,8-,9+/m1/s1. The van der Waals surface area contributed by atoms with Gasteiger partial charge in [-0.1, -0.05) is 0 Å². The van der Waals surface area contributed by atoms with E-state index in [1.54, 1.807) is 0 Å². The fraction of sp³-hybridized carbons (Fsp3) is 0.778. The fourth-order valence-electron chi connectivity index (χ4n) is 1.65. The second kappa shape index (κ2) is 4.83. The molecule has 0 saturated carbocycles. The molecular weight excluding hydrogens is 316 g/mol. The van der Waals surface area contributed by atoms with Crippen molar-refractivity contribution in [2.75, 3.05) is 7.11 Å². The number of aliphatic hydroxyl groups excluding tert-OH is 2. The summed E-state index contributed by atoms with van der Waals surface area (Å²) in [6.07, 6.45) is -5.84. The fourth-order valence-corrected chi connectivity index (χ4v) is 2.37. The van der Waals surface area contributed by atoms with Crippen LogP contribution >= 0.6 is 15.9 Å². The van der Waals surface area contributed by atoms with Gasteiger partial charge in [0.15, 0.2) is 11.9 Å². The summed E-state index contributed by atoms with van der Waals surface area (Å²) < 4.78 is 6.27. The van der Waals surface area contributed by atoms with Gasteiger partial charge in [0, 0.05) is 0 Å². The molecule has 0 spiro atoms. The number of methoxy groups -OCH3 is 1. The van der Waals surface area contributed by atoms with E-state index in [9.17, 15) is 30.0 Å². The minimum Gasteiger partial charge on any atom is -0.467 e. The highest BCUT2D eigenvalue weighted by Crippen LogP contribution is 2.41. The summed E-state index contributed by atoms with van der Waals surface area (Å²) in [7, 11) is 1.00. The molecule has 0 unspecified atom stereocenters. The van der Waals surface area contributed by atoms with E-state index in [4.69, 9.17) is 4.74 Å². The summed E-state index contributed by atoms with van der Waals surface area (Å²) in [4.78, 5) is 22.6. The number of hydrogen-bond acceptors (Lipinski definition) is 8. The molecule has 1 aliphatic rings. The highest BCUT2D eigenvalue weighted by Gasteiger charge is 2.66. The van der Waals surface area contributed by atoms with Gasteiger partial charge in [-0.15, -0.1) is 0 Å². The van der Waals surface area contributed by atoms with E-state index in [2.05, 4.69) is 20.7 Å². The zero-order valence-corrected chi connectivity index (χ0v) is 11.1. The van der Waals surface area contributed by atoms with Crippen LogP contribution in [0.5, 0.6) is 0 Å². The lowest BCUT2D eigenvalue weighted by Gasteiger charge is -2.48. The molecule has 8 nitrogen and oxygen atoms in total. The van der Waals surface area contributed by atoms with Crippen molar-refractivity contribution in [2.45, 2.75) is 35.5 Å². The van der Waals surface area contributed by atoms with Gasteiger partial charge < -0.3 is 29.9 Å². The Balaban J connectivity index is 3.19. The molecule has 0 aliphatic carbocycles. The van der Waals surface area contributed by atoms with Gasteiger partial charge in [-0.3, -0.25) is 4.79 Å². The number of ketones is 1. The summed E-state index contributed by atoms with van der Waals surface area (Å²) in [5.41, 5.74) is -2.82. The van der Waals surface area contributed by atoms with Crippen LogP contribution in [0.2, 0.25) is 0 Å². The van der Waals surface area contributed by atoms with Crippen molar-refractivity contribution in [1.82, 2.24) is 0 Å². The van der Waals surface area contributed by atoms with Crippen molar-refractivity contribution >= 4 is 27.7 Å². The smallest absolute Gasteiger partial charge is 0.337 e. The summed E-state index contributed by atoms with van der Waals surface area (Å²) >= 11 is 2.51. The number of alkyl halides is 1. The number of rotatable bonds is 2. The normalized spacial score (nSPS) is 44.5. The number of carbonyl (C=O) groups is 2. The molecule has 1 aliphatic heterocycles. The lowest BCUT2D eigenvalue weighted by Crippen LogP contribution is -2.74. The molecule has 0 aromatic carbocycles. The van der Waals surface area contributed by atoms with Crippen LogP contribution in [0, 0.1) is 0 Å². The molecule has 1 heterocycles. The summed E-state index contributed by atoms with van der Waals surface area (Å²) in [5.74, 6) is -2.14. The molecule has 5 atom stereocenters. The van der Waals surface area contributed by atoms with Crippen LogP contribution in [0.3, 0.4) is 0 Å². The lowest BCUT2D eigenvalue weighted by atomic mass is 9.83. The molecule has 1 rings (SSSR count). The first-order valence-corrected chi connectivity index (χ1v) is 5.65. The van der Waals surface area contributed by atoms with E-state index in [1.165, 1.54) is 0 Å². The van der Waals surface area contributed by atoms with Crippen LogP contribution in [-0.2, 0) is 19.1 Å². The maximum Gasteiger partial charge on any atom is 0.337 e. The predicted octanol–water partition coefficient (Wildman–Crippen LogP) is -2.36. The Hall–Kier alpha value is -0.580. The Morgan fingerprint density at radius 2 is 1.83 bits per heavy atom. The van der Waals surface area contributed by atoms with Crippen LogP contribution in [0.1, 0.15) is 6.92 Å². The van der Waals surface area contributed by atoms with Crippen molar-refractivity contribution in [3.8, 4) is 0 Å². The topological polar surface area (TPSA) is 134 Å². The molecule has 4 N–H and O–H groups in total. The third kappa shape index (κ3) is 2.06. The summed E-state index contributed by atoms with van der Waals surface area (Å²) in [6.45, 7) is 0.879. The van der Waals surface area contributed by atoms with Crippen LogP contribution in [-0.4, -0.2) is 67.9 Å². The van der Waals surface area contributed by atoms with Crippen molar-refractivity contribution in [3.63, 3.8) is 0 Å². The molecule has 0 amide bonds. The molecule has 1 saturated heterocycles. The van der Waals surface area contributed by atoms with Gasteiger partial charge in [-0.2, -0.15) is 0 Å². The third-order valence-electron chi connectivity index (χ3n) is 2.79. The first-order chi connectivity index (χ1) is 8.09. The molecule has 0 bridgehead atoms. The van der Waals surface area contributed by atoms with Crippen molar-refractivity contribution in [1.29, 1.82) is 0 Å². The first-order valence-electron chi connectivity index (χ1n) is 4.86. The quantitative estimate of drug-likeness (QED) is 0.327. The predicted molar refractivity (Wildman–Crippen MR) is 58.4 cm³/mol. The Morgan fingerprint density at radius 3 is 2.22 bits per heavy atom. The Morgan fingerprint density at radius 1 is 1.33 bits per heavy atom. The summed E-state index contributed by atoms with van der Waals surface area (Å²) in [5, 5.41) is 39.1. The Kier molecular flexibility index (Phi) is 4.16. The number of halogens is 1. The van der Waals surface area contributed by atoms with Crippen molar-refractivity contribution in [3.05, 3.63) is 0 Å². The largest absolute Gasteiger partial charge is 0.467 e. The average molecular weight is 329 g/mol. The van der Waals surface area contributed by atoms with Crippen LogP contribution < -0.4 is 0 Å². The van der Waals surface area contributed by atoms with Gasteiger partial charge in [-0.05, 0) is 22.9 Å². The Bertz CT molecular complexity index is 370. The number of esters is 1. The minimum atomic E-state index is -2.82. The maximum atomic E-state index is 11.3. The highest BCUT2D eigenvalue weighted by molar-refractivity contribution is 9.10. The van der Waals surface area contributed by atoms with Gasteiger partial charge >= 0.3 is 5.97 Å². The van der Waals surface area contributed by atoms with E-state index in [-0.39, 0.29) is 0 Å². The molecule has 9 heteroatoms. The van der Waals surface area contributed by atoms with E-state index >= 15 is 0 Å². The van der Waals surface area contributed by atoms with Gasteiger partial charge in [0.2, 0.25) is 5.60 Å². The van der Waals surface area contributed by atoms with E-state index < -0.39 is 40.4 Å². The van der Waals surface area contributed by atoms with E-state index in [1.807, 2.05) is 0 Å². The number of aliphatic hydroxyl groups is 4. The molecule has 104 valence electrons. The minimum absolute atomic E-state index is 0.879. The van der Waals surface area contributed by atoms with Gasteiger partial charge in [0.1, 0.15) is 12.2 Å². The lowest BCUT2D eigenvalue weighted by molar-refractivity contribution is -0.324. The third-order valence-corrected chi connectivity index (χ3v) is 3.58. The van der Waals surface area contributed by atoms with Gasteiger partial charge in [0.05, 0.1) is 7.11 Å². The summed E-state index contributed by atoms with van der Waals surface area (Å²) in [6, 6.07) is 0. The first kappa shape index (κ1) is 15.5. The second-order valence-corrected chi connectivity index (χ2v) is 4.96. The van der Waals surface area contributed by atoms with Gasteiger partial charge in [-0.25, -0.2) is 4.79 Å². The molecule has 0 aromatic rings. The molecular formula is C9H13BrO8. The number of hydrogen-bond donors (Lipinski definition) is 4. The molecule has 18 heavy (non-hydrogen) atoms. The van der Waals surface area contributed by atoms with Crippen molar-refractivity contribution in [2.24, 2.45) is 0 Å². The van der Waals surface area contributed by atoms with Crippen molar-refractivity contribution < 1.29 is 39.5 Å². The molecule has 0 radical (unpaired) electrons.